The number of anilines is 2. The fraction of sp³-hybridized carbons (Fsp3) is 0.294. The van der Waals surface area contributed by atoms with Crippen LogP contribution in [-0.4, -0.2) is 50.2 Å². The molecule has 8 nitrogen and oxygen atoms in total. The molecule has 9 heteroatoms. The number of piperidine rings is 1. The average molecular weight is 372 g/mol. The van der Waals surface area contributed by atoms with Crippen LogP contribution < -0.4 is 10.6 Å². The molecule has 2 aromatic heterocycles. The molecule has 1 aliphatic rings. The summed E-state index contributed by atoms with van der Waals surface area (Å²) in [6.45, 7) is 1.34. The van der Waals surface area contributed by atoms with Crippen molar-refractivity contribution in [1.29, 1.82) is 0 Å². The molecule has 4 rings (SSSR count). The van der Waals surface area contributed by atoms with Crippen LogP contribution >= 0.6 is 11.6 Å². The molecule has 0 radical (unpaired) electrons. The predicted molar refractivity (Wildman–Crippen MR) is 100 cm³/mol. The zero-order valence-electron chi connectivity index (χ0n) is 13.9. The van der Waals surface area contributed by atoms with Gasteiger partial charge in [0.1, 0.15) is 12.1 Å². The molecule has 26 heavy (non-hydrogen) atoms. The minimum absolute atomic E-state index is 0.107. The molecule has 1 fully saturated rings. The van der Waals surface area contributed by atoms with Gasteiger partial charge >= 0.3 is 6.03 Å². The fourth-order valence-corrected chi connectivity index (χ4v) is 3.26. The largest absolute Gasteiger partial charge is 0.366 e. The lowest BCUT2D eigenvalue weighted by Gasteiger charge is -2.32. The summed E-state index contributed by atoms with van der Waals surface area (Å²) in [6, 6.07) is 7.29. The molecular weight excluding hydrogens is 354 g/mol. The van der Waals surface area contributed by atoms with Gasteiger partial charge in [0.05, 0.1) is 11.6 Å². The zero-order valence-corrected chi connectivity index (χ0v) is 14.7. The van der Waals surface area contributed by atoms with E-state index in [1.165, 1.54) is 6.33 Å². The number of fused-ring (bicyclic) bond motifs is 1. The van der Waals surface area contributed by atoms with Crippen molar-refractivity contribution in [3.05, 3.63) is 41.8 Å². The first kappa shape index (κ1) is 16.6. The molecule has 0 unspecified atom stereocenters. The molecule has 1 aromatic carbocycles. The van der Waals surface area contributed by atoms with Crippen LogP contribution in [0, 0.1) is 0 Å². The van der Waals surface area contributed by atoms with Gasteiger partial charge in [0.15, 0.2) is 5.65 Å². The van der Waals surface area contributed by atoms with Crippen molar-refractivity contribution in [1.82, 2.24) is 25.1 Å². The number of carbonyl (C=O) groups is 1. The number of benzene rings is 1. The lowest BCUT2D eigenvalue weighted by Crippen LogP contribution is -2.44. The topological polar surface area (TPSA) is 98.8 Å². The van der Waals surface area contributed by atoms with Gasteiger partial charge in [-0.2, -0.15) is 5.10 Å². The van der Waals surface area contributed by atoms with Crippen molar-refractivity contribution >= 4 is 40.2 Å². The van der Waals surface area contributed by atoms with Crippen LogP contribution in [0.5, 0.6) is 0 Å². The third-order valence-corrected chi connectivity index (χ3v) is 4.68. The van der Waals surface area contributed by atoms with Crippen LogP contribution in [0.1, 0.15) is 12.8 Å². The van der Waals surface area contributed by atoms with Crippen LogP contribution in [0.4, 0.5) is 16.3 Å². The molecular formula is C17H18ClN7O. The maximum atomic E-state index is 12.4. The monoisotopic (exact) mass is 371 g/mol. The number of carbonyl (C=O) groups excluding carboxylic acids is 1. The van der Waals surface area contributed by atoms with E-state index in [2.05, 4.69) is 30.8 Å². The maximum absolute atomic E-state index is 12.4. The number of likely N-dealkylation sites (tertiary alicyclic amines) is 1. The van der Waals surface area contributed by atoms with Gasteiger partial charge in [-0.25, -0.2) is 14.8 Å². The van der Waals surface area contributed by atoms with Gasteiger partial charge < -0.3 is 15.5 Å². The molecule has 3 N–H and O–H groups in total. The highest BCUT2D eigenvalue weighted by molar-refractivity contribution is 6.30. The third-order valence-electron chi connectivity index (χ3n) is 4.45. The number of aromatic amines is 1. The number of nitrogens with zero attached hydrogens (tertiary/aromatic N) is 4. The molecule has 2 amide bonds. The van der Waals surface area contributed by atoms with E-state index in [9.17, 15) is 4.79 Å². The number of rotatable bonds is 3. The van der Waals surface area contributed by atoms with Crippen molar-refractivity contribution in [3.8, 4) is 0 Å². The van der Waals surface area contributed by atoms with Crippen LogP contribution in [0.3, 0.4) is 0 Å². The normalized spacial score (nSPS) is 15.2. The lowest BCUT2D eigenvalue weighted by molar-refractivity contribution is 0.197. The summed E-state index contributed by atoms with van der Waals surface area (Å²) in [4.78, 5) is 22.7. The van der Waals surface area contributed by atoms with Gasteiger partial charge in [0.2, 0.25) is 0 Å². The summed E-state index contributed by atoms with van der Waals surface area (Å²) >= 11 is 5.95. The smallest absolute Gasteiger partial charge is 0.321 e. The molecule has 1 saturated heterocycles. The number of hydrogen-bond acceptors (Lipinski definition) is 5. The van der Waals surface area contributed by atoms with E-state index in [1.807, 2.05) is 17.0 Å². The molecule has 0 atom stereocenters. The van der Waals surface area contributed by atoms with Crippen molar-refractivity contribution in [3.63, 3.8) is 0 Å². The van der Waals surface area contributed by atoms with Gasteiger partial charge in [-0.15, -0.1) is 0 Å². The Morgan fingerprint density at radius 1 is 1.27 bits per heavy atom. The number of amides is 2. The highest BCUT2D eigenvalue weighted by atomic mass is 35.5. The Hall–Kier alpha value is -2.87. The second-order valence-electron chi connectivity index (χ2n) is 6.20. The number of nitrogens with one attached hydrogen (secondary N) is 3. The Morgan fingerprint density at radius 2 is 2.12 bits per heavy atom. The first-order chi connectivity index (χ1) is 12.7. The van der Waals surface area contributed by atoms with Gasteiger partial charge in [0.25, 0.3) is 0 Å². The Kier molecular flexibility index (Phi) is 4.57. The van der Waals surface area contributed by atoms with Gasteiger partial charge in [0, 0.05) is 29.8 Å². The van der Waals surface area contributed by atoms with E-state index in [0.717, 1.165) is 24.0 Å². The Bertz CT molecular complexity index is 920. The van der Waals surface area contributed by atoms with Crippen molar-refractivity contribution in [2.75, 3.05) is 23.7 Å². The first-order valence-electron chi connectivity index (χ1n) is 8.41. The third kappa shape index (κ3) is 3.55. The van der Waals surface area contributed by atoms with Crippen LogP contribution in [-0.2, 0) is 0 Å². The summed E-state index contributed by atoms with van der Waals surface area (Å²) in [6.07, 6.45) is 4.90. The van der Waals surface area contributed by atoms with Crippen LogP contribution in [0.25, 0.3) is 11.0 Å². The quantitative estimate of drug-likeness (QED) is 0.657. The number of halogens is 1. The molecule has 3 heterocycles. The zero-order chi connectivity index (χ0) is 17.9. The molecule has 0 aliphatic carbocycles. The van der Waals surface area contributed by atoms with Crippen LogP contribution in [0.2, 0.25) is 5.02 Å². The minimum atomic E-state index is -0.107. The standard InChI is InChI=1S/C17H18ClN7O/c18-11-2-1-3-13(8-11)23-17(26)25-6-4-12(5-7-25)22-15-14-9-21-24-16(14)20-10-19-15/h1-3,8-10,12H,4-7H2,(H,23,26)(H2,19,20,21,22,24). The first-order valence-corrected chi connectivity index (χ1v) is 8.79. The van der Waals surface area contributed by atoms with E-state index in [1.54, 1.807) is 18.3 Å². The molecule has 1 aliphatic heterocycles. The number of H-pyrrole nitrogens is 1. The maximum Gasteiger partial charge on any atom is 0.321 e. The average Bonchev–Trinajstić information content (AvgIpc) is 3.12. The Balaban J connectivity index is 1.34. The van der Waals surface area contributed by atoms with E-state index >= 15 is 0 Å². The van der Waals surface area contributed by atoms with Crippen molar-refractivity contribution in [2.24, 2.45) is 0 Å². The van der Waals surface area contributed by atoms with Crippen molar-refractivity contribution in [2.45, 2.75) is 18.9 Å². The minimum Gasteiger partial charge on any atom is -0.366 e. The molecule has 134 valence electrons. The van der Waals surface area contributed by atoms with E-state index in [4.69, 9.17) is 11.6 Å². The summed E-state index contributed by atoms with van der Waals surface area (Å²) in [5.41, 5.74) is 1.41. The van der Waals surface area contributed by atoms with Crippen LogP contribution in [0.15, 0.2) is 36.8 Å². The fourth-order valence-electron chi connectivity index (χ4n) is 3.07. The molecule has 0 bridgehead atoms. The van der Waals surface area contributed by atoms with Gasteiger partial charge in [-0.3, -0.25) is 5.10 Å². The summed E-state index contributed by atoms with van der Waals surface area (Å²) in [7, 11) is 0. The van der Waals surface area contributed by atoms with Crippen molar-refractivity contribution < 1.29 is 4.79 Å². The summed E-state index contributed by atoms with van der Waals surface area (Å²) < 4.78 is 0. The summed E-state index contributed by atoms with van der Waals surface area (Å²) in [5, 5.41) is 14.6. The predicted octanol–water partition coefficient (Wildman–Crippen LogP) is 3.11. The molecule has 0 spiro atoms. The molecule has 3 aromatic rings. The number of aromatic nitrogens is 4. The van der Waals surface area contributed by atoms with E-state index in [-0.39, 0.29) is 12.1 Å². The highest BCUT2D eigenvalue weighted by Gasteiger charge is 2.23. The highest BCUT2D eigenvalue weighted by Crippen LogP contribution is 2.21. The second kappa shape index (κ2) is 7.17. The SMILES string of the molecule is O=C(Nc1cccc(Cl)c1)N1CCC(Nc2ncnc3[nH]ncc23)CC1. The second-order valence-corrected chi connectivity index (χ2v) is 6.64. The number of hydrogen-bond donors (Lipinski definition) is 3. The van der Waals surface area contributed by atoms with E-state index < -0.39 is 0 Å². The van der Waals surface area contributed by atoms with Gasteiger partial charge in [-0.05, 0) is 31.0 Å². The number of urea groups is 1. The van der Waals surface area contributed by atoms with E-state index in [0.29, 0.717) is 29.4 Å². The van der Waals surface area contributed by atoms with Gasteiger partial charge in [-0.1, -0.05) is 17.7 Å². The summed E-state index contributed by atoms with van der Waals surface area (Å²) in [5.74, 6) is 0.769. The Labute approximate surface area is 155 Å². The Morgan fingerprint density at radius 3 is 2.92 bits per heavy atom. The molecule has 0 saturated carbocycles. The lowest BCUT2D eigenvalue weighted by atomic mass is 10.1.